The van der Waals surface area contributed by atoms with Gasteiger partial charge in [0.05, 0.1) is 6.61 Å². The monoisotopic (exact) mass is 271 g/mol. The highest BCUT2D eigenvalue weighted by Crippen LogP contribution is 2.10. The number of aliphatic hydroxyl groups excluding tert-OH is 1. The summed E-state index contributed by atoms with van der Waals surface area (Å²) in [4.78, 5) is 11.7. The van der Waals surface area contributed by atoms with Gasteiger partial charge in [-0.1, -0.05) is 24.3 Å². The van der Waals surface area contributed by atoms with Gasteiger partial charge in [-0.2, -0.15) is 0 Å². The molecule has 0 saturated carbocycles. The zero-order valence-electron chi connectivity index (χ0n) is 11.0. The molecule has 2 aromatic rings. The van der Waals surface area contributed by atoms with E-state index in [9.17, 15) is 4.79 Å². The number of hydrogen-bond acceptors (Lipinski definition) is 3. The lowest BCUT2D eigenvalue weighted by Crippen LogP contribution is -2.28. The molecule has 2 aromatic carbocycles. The number of aliphatic hydroxyl groups is 1. The smallest absolute Gasteiger partial charge is 0.319 e. The highest BCUT2D eigenvalue weighted by molar-refractivity contribution is 5.89. The first-order valence-electron chi connectivity index (χ1n) is 6.26. The van der Waals surface area contributed by atoms with Crippen LogP contribution in [0.3, 0.4) is 0 Å². The van der Waals surface area contributed by atoms with Crippen molar-refractivity contribution in [3.05, 3.63) is 59.7 Å². The van der Waals surface area contributed by atoms with Crippen molar-refractivity contribution in [2.24, 2.45) is 0 Å². The molecule has 0 aliphatic carbocycles. The lowest BCUT2D eigenvalue weighted by molar-refractivity contribution is 0.251. The first-order chi connectivity index (χ1) is 9.67. The van der Waals surface area contributed by atoms with Crippen LogP contribution in [-0.2, 0) is 13.2 Å². The zero-order valence-corrected chi connectivity index (χ0v) is 11.0. The standard InChI is InChI=1S/C15H17N3O2/c16-13-5-7-14(8-6-13)18-15(20)17-9-11-1-3-12(10-19)4-2-11/h1-8,19H,9-10,16H2,(H2,17,18,20). The van der Waals surface area contributed by atoms with E-state index < -0.39 is 0 Å². The Hall–Kier alpha value is -2.53. The van der Waals surface area contributed by atoms with Gasteiger partial charge < -0.3 is 21.5 Å². The maximum atomic E-state index is 11.7. The molecule has 0 spiro atoms. The number of urea groups is 1. The molecule has 0 heterocycles. The number of nitrogens with one attached hydrogen (secondary N) is 2. The lowest BCUT2D eigenvalue weighted by Gasteiger charge is -2.08. The molecule has 0 aliphatic heterocycles. The summed E-state index contributed by atoms with van der Waals surface area (Å²) >= 11 is 0. The molecule has 0 radical (unpaired) electrons. The lowest BCUT2D eigenvalue weighted by atomic mass is 10.1. The Balaban J connectivity index is 1.83. The summed E-state index contributed by atoms with van der Waals surface area (Å²) in [5.74, 6) is 0. The SMILES string of the molecule is Nc1ccc(NC(=O)NCc2ccc(CO)cc2)cc1. The Morgan fingerprint density at radius 2 is 1.60 bits per heavy atom. The number of rotatable bonds is 4. The van der Waals surface area contributed by atoms with Crippen LogP contribution in [0.15, 0.2) is 48.5 Å². The van der Waals surface area contributed by atoms with Crippen LogP contribution in [0.2, 0.25) is 0 Å². The fourth-order valence-electron chi connectivity index (χ4n) is 1.69. The minimum atomic E-state index is -0.277. The number of nitrogens with two attached hydrogens (primary N) is 1. The predicted octanol–water partition coefficient (Wildman–Crippen LogP) is 2.08. The van der Waals surface area contributed by atoms with Crippen molar-refractivity contribution in [1.29, 1.82) is 0 Å². The molecule has 5 N–H and O–H groups in total. The Morgan fingerprint density at radius 1 is 1.00 bits per heavy atom. The molecular weight excluding hydrogens is 254 g/mol. The van der Waals surface area contributed by atoms with Crippen molar-refractivity contribution in [1.82, 2.24) is 5.32 Å². The quantitative estimate of drug-likeness (QED) is 0.642. The molecule has 2 amide bonds. The molecule has 2 rings (SSSR count). The van der Waals surface area contributed by atoms with Gasteiger partial charge in [0.25, 0.3) is 0 Å². The van der Waals surface area contributed by atoms with E-state index >= 15 is 0 Å². The maximum absolute atomic E-state index is 11.7. The van der Waals surface area contributed by atoms with Gasteiger partial charge >= 0.3 is 6.03 Å². The second kappa shape index (κ2) is 6.58. The van der Waals surface area contributed by atoms with Crippen molar-refractivity contribution in [3.8, 4) is 0 Å². The number of anilines is 2. The van der Waals surface area contributed by atoms with E-state index in [2.05, 4.69) is 10.6 Å². The fourth-order valence-corrected chi connectivity index (χ4v) is 1.69. The summed E-state index contributed by atoms with van der Waals surface area (Å²) in [6.45, 7) is 0.442. The Morgan fingerprint density at radius 3 is 2.20 bits per heavy atom. The highest BCUT2D eigenvalue weighted by atomic mass is 16.3. The van der Waals surface area contributed by atoms with Crippen molar-refractivity contribution in [2.45, 2.75) is 13.2 Å². The average molecular weight is 271 g/mol. The predicted molar refractivity (Wildman–Crippen MR) is 79.1 cm³/mol. The van der Waals surface area contributed by atoms with E-state index in [1.165, 1.54) is 0 Å². The van der Waals surface area contributed by atoms with E-state index in [0.717, 1.165) is 11.1 Å². The topological polar surface area (TPSA) is 87.4 Å². The van der Waals surface area contributed by atoms with Crippen LogP contribution in [0.25, 0.3) is 0 Å². The molecule has 5 nitrogen and oxygen atoms in total. The van der Waals surface area contributed by atoms with Crippen LogP contribution in [0.1, 0.15) is 11.1 Å². The van der Waals surface area contributed by atoms with Crippen molar-refractivity contribution >= 4 is 17.4 Å². The van der Waals surface area contributed by atoms with Crippen LogP contribution < -0.4 is 16.4 Å². The van der Waals surface area contributed by atoms with Crippen molar-refractivity contribution in [2.75, 3.05) is 11.1 Å². The van der Waals surface area contributed by atoms with Crippen LogP contribution in [-0.4, -0.2) is 11.1 Å². The number of hydrogen-bond donors (Lipinski definition) is 4. The van der Waals surface area contributed by atoms with E-state index in [0.29, 0.717) is 17.9 Å². The summed E-state index contributed by atoms with van der Waals surface area (Å²) in [5.41, 5.74) is 8.72. The van der Waals surface area contributed by atoms with Gasteiger partial charge in [-0.15, -0.1) is 0 Å². The second-order valence-corrected chi connectivity index (χ2v) is 4.40. The summed E-state index contributed by atoms with van der Waals surface area (Å²) in [6.07, 6.45) is 0. The average Bonchev–Trinajstić information content (AvgIpc) is 2.48. The van der Waals surface area contributed by atoms with E-state index in [4.69, 9.17) is 10.8 Å². The molecule has 104 valence electrons. The third kappa shape index (κ3) is 4.00. The Bertz CT molecular complexity index is 565. The van der Waals surface area contributed by atoms with Crippen LogP contribution in [0.4, 0.5) is 16.2 Å². The van der Waals surface area contributed by atoms with Gasteiger partial charge in [0.15, 0.2) is 0 Å². The Kier molecular flexibility index (Phi) is 4.57. The number of nitrogen functional groups attached to an aromatic ring is 1. The molecule has 0 saturated heterocycles. The largest absolute Gasteiger partial charge is 0.399 e. The van der Waals surface area contributed by atoms with E-state index in [1.807, 2.05) is 24.3 Å². The second-order valence-electron chi connectivity index (χ2n) is 4.40. The van der Waals surface area contributed by atoms with Crippen molar-refractivity contribution in [3.63, 3.8) is 0 Å². The molecule has 0 bridgehead atoms. The van der Waals surface area contributed by atoms with Crippen LogP contribution in [0.5, 0.6) is 0 Å². The third-order valence-corrected chi connectivity index (χ3v) is 2.83. The molecule has 20 heavy (non-hydrogen) atoms. The highest BCUT2D eigenvalue weighted by Gasteiger charge is 2.01. The number of carbonyl (C=O) groups is 1. The van der Waals surface area contributed by atoms with Gasteiger partial charge in [0.1, 0.15) is 0 Å². The van der Waals surface area contributed by atoms with Gasteiger partial charge in [-0.05, 0) is 35.4 Å². The van der Waals surface area contributed by atoms with Gasteiger partial charge in [0.2, 0.25) is 0 Å². The van der Waals surface area contributed by atoms with E-state index in [1.54, 1.807) is 24.3 Å². The summed E-state index contributed by atoms with van der Waals surface area (Å²) in [5, 5.41) is 14.4. The summed E-state index contributed by atoms with van der Waals surface area (Å²) < 4.78 is 0. The molecule has 0 fully saturated rings. The fraction of sp³-hybridized carbons (Fsp3) is 0.133. The third-order valence-electron chi connectivity index (χ3n) is 2.83. The number of benzene rings is 2. The molecule has 0 aromatic heterocycles. The number of amides is 2. The molecule has 0 atom stereocenters. The van der Waals surface area contributed by atoms with Crippen LogP contribution >= 0.6 is 0 Å². The number of carbonyl (C=O) groups excluding carboxylic acids is 1. The Labute approximate surface area is 117 Å². The zero-order chi connectivity index (χ0) is 14.4. The minimum Gasteiger partial charge on any atom is -0.399 e. The summed E-state index contributed by atoms with van der Waals surface area (Å²) in [7, 11) is 0. The van der Waals surface area contributed by atoms with Gasteiger partial charge in [0, 0.05) is 17.9 Å². The molecule has 0 unspecified atom stereocenters. The first-order valence-corrected chi connectivity index (χ1v) is 6.26. The molecule has 0 aliphatic rings. The first kappa shape index (κ1) is 13.9. The molecular formula is C15H17N3O2. The van der Waals surface area contributed by atoms with Gasteiger partial charge in [-0.3, -0.25) is 0 Å². The minimum absolute atomic E-state index is 0.0192. The van der Waals surface area contributed by atoms with Crippen molar-refractivity contribution < 1.29 is 9.90 Å². The normalized spacial score (nSPS) is 10.1. The maximum Gasteiger partial charge on any atom is 0.319 e. The van der Waals surface area contributed by atoms with Crippen LogP contribution in [0, 0.1) is 0 Å². The summed E-state index contributed by atoms with van der Waals surface area (Å²) in [6, 6.07) is 14.1. The van der Waals surface area contributed by atoms with E-state index in [-0.39, 0.29) is 12.6 Å². The van der Waals surface area contributed by atoms with Gasteiger partial charge in [-0.25, -0.2) is 4.79 Å². The molecule has 5 heteroatoms.